The molecule has 0 radical (unpaired) electrons. The number of carbonyl (C=O) groups is 2. The van der Waals surface area contributed by atoms with Crippen LogP contribution in [0, 0.1) is 5.82 Å². The minimum atomic E-state index is -0.463. The minimum absolute atomic E-state index is 0.0745. The number of nitrogens with one attached hydrogen (secondary N) is 1. The van der Waals surface area contributed by atoms with Crippen LogP contribution in [-0.4, -0.2) is 36.3 Å². The van der Waals surface area contributed by atoms with Gasteiger partial charge in [0.15, 0.2) is 0 Å². The third-order valence-corrected chi connectivity index (χ3v) is 4.70. The fourth-order valence-corrected chi connectivity index (χ4v) is 3.13. The molecule has 0 atom stereocenters. The third-order valence-electron chi connectivity index (χ3n) is 4.01. The van der Waals surface area contributed by atoms with Crippen LogP contribution in [0.4, 0.5) is 4.39 Å². The molecule has 0 aromatic heterocycles. The lowest BCUT2D eigenvalue weighted by Gasteiger charge is -2.24. The van der Waals surface area contributed by atoms with Crippen LogP contribution in [0.2, 0.25) is 0 Å². The summed E-state index contributed by atoms with van der Waals surface area (Å²) in [6.45, 7) is 1.88. The van der Waals surface area contributed by atoms with Crippen LogP contribution in [0.1, 0.15) is 48.9 Å². The number of likely N-dealkylation sites (tertiary alicyclic amines) is 1. The zero-order chi connectivity index (χ0) is 16.7. The van der Waals surface area contributed by atoms with Crippen molar-refractivity contribution in [1.29, 1.82) is 0 Å². The van der Waals surface area contributed by atoms with Crippen LogP contribution < -0.4 is 5.32 Å². The van der Waals surface area contributed by atoms with Gasteiger partial charge in [-0.05, 0) is 47.0 Å². The predicted molar refractivity (Wildman–Crippen MR) is 90.7 cm³/mol. The van der Waals surface area contributed by atoms with Crippen LogP contribution in [0.3, 0.4) is 0 Å². The highest BCUT2D eigenvalue weighted by Gasteiger charge is 2.16. The fraction of sp³-hybridized carbons (Fsp3) is 0.529. The summed E-state index contributed by atoms with van der Waals surface area (Å²) in [6, 6.07) is 3.96. The lowest BCUT2D eigenvalue weighted by atomic mass is 10.1. The number of carbonyl (C=O) groups excluding carboxylic acids is 2. The van der Waals surface area contributed by atoms with Gasteiger partial charge in [0.05, 0.1) is 5.56 Å². The van der Waals surface area contributed by atoms with Crippen molar-refractivity contribution in [3.63, 3.8) is 0 Å². The Morgan fingerprint density at radius 2 is 1.78 bits per heavy atom. The van der Waals surface area contributed by atoms with E-state index in [1.807, 2.05) is 4.90 Å². The van der Waals surface area contributed by atoms with Crippen LogP contribution >= 0.6 is 15.9 Å². The molecule has 0 unspecified atom stereocenters. The molecule has 1 aliphatic heterocycles. The summed E-state index contributed by atoms with van der Waals surface area (Å²) >= 11 is 3.23. The standard InChI is InChI=1S/C17H22BrFN2O2/c18-15-7-6-13(19)12-14(15)17(23)20-9-8-16(22)21-10-4-2-1-3-5-11-21/h6-7,12H,1-5,8-11H2,(H,20,23). The molecule has 1 N–H and O–H groups in total. The Balaban J connectivity index is 1.80. The van der Waals surface area contributed by atoms with Gasteiger partial charge in [-0.15, -0.1) is 0 Å². The smallest absolute Gasteiger partial charge is 0.252 e. The molecular formula is C17H22BrFN2O2. The van der Waals surface area contributed by atoms with Crippen LogP contribution in [0.15, 0.2) is 22.7 Å². The molecule has 1 heterocycles. The van der Waals surface area contributed by atoms with Crippen LogP contribution in [0.25, 0.3) is 0 Å². The second-order valence-corrected chi connectivity index (χ2v) is 6.63. The molecule has 0 saturated carbocycles. The van der Waals surface area contributed by atoms with Gasteiger partial charge in [-0.2, -0.15) is 0 Å². The van der Waals surface area contributed by atoms with E-state index in [9.17, 15) is 14.0 Å². The Morgan fingerprint density at radius 1 is 1.13 bits per heavy atom. The van der Waals surface area contributed by atoms with E-state index in [2.05, 4.69) is 21.2 Å². The molecule has 1 aromatic carbocycles. The van der Waals surface area contributed by atoms with E-state index < -0.39 is 5.82 Å². The van der Waals surface area contributed by atoms with Crippen LogP contribution in [-0.2, 0) is 4.79 Å². The molecule has 23 heavy (non-hydrogen) atoms. The summed E-state index contributed by atoms with van der Waals surface area (Å²) in [5.41, 5.74) is 0.240. The van der Waals surface area contributed by atoms with Gasteiger partial charge in [0, 0.05) is 30.5 Å². The quantitative estimate of drug-likeness (QED) is 0.863. The molecule has 2 amide bonds. The fourth-order valence-electron chi connectivity index (χ4n) is 2.70. The first-order chi connectivity index (χ1) is 11.1. The van der Waals surface area contributed by atoms with E-state index >= 15 is 0 Å². The molecule has 1 aromatic rings. The number of hydrogen-bond donors (Lipinski definition) is 1. The summed E-state index contributed by atoms with van der Waals surface area (Å²) in [5, 5.41) is 2.68. The summed E-state index contributed by atoms with van der Waals surface area (Å²) in [6.07, 6.45) is 5.98. The summed E-state index contributed by atoms with van der Waals surface area (Å²) in [7, 11) is 0. The number of benzene rings is 1. The van der Waals surface area contributed by atoms with Crippen molar-refractivity contribution in [2.24, 2.45) is 0 Å². The van der Waals surface area contributed by atoms with Gasteiger partial charge in [-0.25, -0.2) is 4.39 Å². The molecule has 1 fully saturated rings. The summed E-state index contributed by atoms with van der Waals surface area (Å²) in [5.74, 6) is -0.766. The van der Waals surface area contributed by atoms with Gasteiger partial charge in [-0.3, -0.25) is 9.59 Å². The highest BCUT2D eigenvalue weighted by molar-refractivity contribution is 9.10. The zero-order valence-corrected chi connectivity index (χ0v) is 14.7. The van der Waals surface area contributed by atoms with Crippen molar-refractivity contribution in [2.45, 2.75) is 38.5 Å². The van der Waals surface area contributed by atoms with Gasteiger partial charge in [-0.1, -0.05) is 19.3 Å². The van der Waals surface area contributed by atoms with E-state index in [4.69, 9.17) is 0 Å². The second-order valence-electron chi connectivity index (χ2n) is 5.78. The normalized spacial score (nSPS) is 15.7. The number of rotatable bonds is 4. The maximum atomic E-state index is 13.2. The molecule has 0 spiro atoms. The van der Waals surface area contributed by atoms with Crippen molar-refractivity contribution in [3.05, 3.63) is 34.1 Å². The largest absolute Gasteiger partial charge is 0.351 e. The van der Waals surface area contributed by atoms with E-state index in [1.54, 1.807) is 0 Å². The zero-order valence-electron chi connectivity index (χ0n) is 13.1. The van der Waals surface area contributed by atoms with E-state index in [1.165, 1.54) is 37.5 Å². The van der Waals surface area contributed by atoms with Crippen LogP contribution in [0.5, 0.6) is 0 Å². The first-order valence-corrected chi connectivity index (χ1v) is 8.88. The summed E-state index contributed by atoms with van der Waals surface area (Å²) in [4.78, 5) is 26.1. The van der Waals surface area contributed by atoms with Crippen molar-refractivity contribution < 1.29 is 14.0 Å². The maximum absolute atomic E-state index is 13.2. The van der Waals surface area contributed by atoms with Gasteiger partial charge >= 0.3 is 0 Å². The Labute approximate surface area is 144 Å². The molecule has 6 heteroatoms. The van der Waals surface area contributed by atoms with Gasteiger partial charge in [0.1, 0.15) is 5.82 Å². The number of amides is 2. The SMILES string of the molecule is O=C(NCCC(=O)N1CCCCCCC1)c1cc(F)ccc1Br. The van der Waals surface area contributed by atoms with Crippen molar-refractivity contribution in [3.8, 4) is 0 Å². The minimum Gasteiger partial charge on any atom is -0.351 e. The molecular weight excluding hydrogens is 363 g/mol. The third kappa shape index (κ3) is 5.61. The molecule has 0 aliphatic carbocycles. The topological polar surface area (TPSA) is 49.4 Å². The average molecular weight is 385 g/mol. The number of halogens is 2. The monoisotopic (exact) mass is 384 g/mol. The molecule has 0 bridgehead atoms. The Bertz CT molecular complexity index is 558. The number of hydrogen-bond acceptors (Lipinski definition) is 2. The molecule has 2 rings (SSSR count). The van der Waals surface area contributed by atoms with E-state index in [0.717, 1.165) is 25.9 Å². The summed E-state index contributed by atoms with van der Waals surface area (Å²) < 4.78 is 13.7. The second kappa shape index (κ2) is 9.01. The van der Waals surface area contributed by atoms with Crippen molar-refractivity contribution in [2.75, 3.05) is 19.6 Å². The first kappa shape index (κ1) is 17.9. The Hall–Kier alpha value is -1.43. The Morgan fingerprint density at radius 3 is 2.48 bits per heavy atom. The van der Waals surface area contributed by atoms with Gasteiger partial charge in [0.25, 0.3) is 5.91 Å². The first-order valence-electron chi connectivity index (χ1n) is 8.09. The van der Waals surface area contributed by atoms with E-state index in [-0.39, 0.29) is 30.3 Å². The van der Waals surface area contributed by atoms with Crippen molar-refractivity contribution >= 4 is 27.7 Å². The Kier molecular flexibility index (Phi) is 7.02. The highest BCUT2D eigenvalue weighted by Crippen LogP contribution is 2.17. The lowest BCUT2D eigenvalue weighted by molar-refractivity contribution is -0.131. The molecule has 1 aliphatic rings. The highest BCUT2D eigenvalue weighted by atomic mass is 79.9. The van der Waals surface area contributed by atoms with E-state index in [0.29, 0.717) is 4.47 Å². The lowest BCUT2D eigenvalue weighted by Crippen LogP contribution is -2.36. The number of nitrogens with zero attached hydrogens (tertiary/aromatic N) is 1. The predicted octanol–water partition coefficient (Wildman–Crippen LogP) is 3.50. The molecule has 4 nitrogen and oxygen atoms in total. The van der Waals surface area contributed by atoms with Gasteiger partial charge < -0.3 is 10.2 Å². The molecule has 1 saturated heterocycles. The molecule has 126 valence electrons. The maximum Gasteiger partial charge on any atom is 0.252 e. The van der Waals surface area contributed by atoms with Gasteiger partial charge in [0.2, 0.25) is 5.91 Å². The van der Waals surface area contributed by atoms with Crippen molar-refractivity contribution in [1.82, 2.24) is 10.2 Å². The average Bonchev–Trinajstić information content (AvgIpc) is 2.49.